The van der Waals surface area contributed by atoms with Crippen LogP contribution in [0.4, 0.5) is 0 Å². The number of phenolic OH excluding ortho intramolecular Hbond substituents is 1. The highest BCUT2D eigenvalue weighted by atomic mass is 35.5. The Bertz CT molecular complexity index is 332. The molecular formula is C9H8Cl2O. The van der Waals surface area contributed by atoms with Crippen molar-refractivity contribution in [2.24, 2.45) is 0 Å². The van der Waals surface area contributed by atoms with Crippen LogP contribution in [0.2, 0.25) is 10.0 Å². The molecule has 1 aromatic carbocycles. The lowest BCUT2D eigenvalue weighted by Crippen LogP contribution is -1.83. The Morgan fingerprint density at radius 1 is 1.50 bits per heavy atom. The number of halogens is 2. The molecule has 0 spiro atoms. The molecule has 0 saturated heterocycles. The molecule has 1 aromatic rings. The first-order chi connectivity index (χ1) is 5.57. The van der Waals surface area contributed by atoms with E-state index in [1.807, 2.05) is 0 Å². The second-order valence-electron chi connectivity index (χ2n) is 2.44. The molecule has 0 unspecified atom stereocenters. The van der Waals surface area contributed by atoms with E-state index in [-0.39, 0.29) is 15.8 Å². The fourth-order valence-corrected chi connectivity index (χ4v) is 1.41. The van der Waals surface area contributed by atoms with Crippen LogP contribution in [0, 0.1) is 6.92 Å². The number of phenols is 1. The lowest BCUT2D eigenvalue weighted by molar-refractivity contribution is 0.475. The largest absolute Gasteiger partial charge is 0.505 e. The van der Waals surface area contributed by atoms with E-state index in [0.717, 1.165) is 11.1 Å². The van der Waals surface area contributed by atoms with Crippen molar-refractivity contribution in [2.45, 2.75) is 6.92 Å². The van der Waals surface area contributed by atoms with E-state index in [1.165, 1.54) is 0 Å². The number of hydrogen-bond acceptors (Lipinski definition) is 1. The molecule has 0 saturated carbocycles. The average molecular weight is 203 g/mol. The van der Waals surface area contributed by atoms with Gasteiger partial charge in [-0.2, -0.15) is 0 Å². The Balaban J connectivity index is 3.49. The molecular weight excluding hydrogens is 195 g/mol. The molecule has 12 heavy (non-hydrogen) atoms. The van der Waals surface area contributed by atoms with Gasteiger partial charge in [0.25, 0.3) is 0 Å². The fourth-order valence-electron chi connectivity index (χ4n) is 0.934. The zero-order chi connectivity index (χ0) is 9.30. The van der Waals surface area contributed by atoms with Crippen LogP contribution in [-0.2, 0) is 0 Å². The van der Waals surface area contributed by atoms with E-state index in [4.69, 9.17) is 23.2 Å². The van der Waals surface area contributed by atoms with E-state index in [0.29, 0.717) is 0 Å². The van der Waals surface area contributed by atoms with Crippen molar-refractivity contribution in [1.29, 1.82) is 0 Å². The minimum absolute atomic E-state index is 0.0681. The Hall–Kier alpha value is -0.660. The zero-order valence-electron chi connectivity index (χ0n) is 6.56. The lowest BCUT2D eigenvalue weighted by Gasteiger charge is -2.06. The molecule has 0 atom stereocenters. The van der Waals surface area contributed by atoms with Crippen molar-refractivity contribution in [1.82, 2.24) is 0 Å². The summed E-state index contributed by atoms with van der Waals surface area (Å²) in [7, 11) is 0. The van der Waals surface area contributed by atoms with Crippen LogP contribution in [0.5, 0.6) is 5.75 Å². The van der Waals surface area contributed by atoms with E-state index >= 15 is 0 Å². The smallest absolute Gasteiger partial charge is 0.153 e. The van der Waals surface area contributed by atoms with E-state index in [9.17, 15) is 5.11 Å². The van der Waals surface area contributed by atoms with Gasteiger partial charge in [-0.25, -0.2) is 0 Å². The quantitative estimate of drug-likeness (QED) is 0.738. The van der Waals surface area contributed by atoms with Gasteiger partial charge in [-0.15, -0.1) is 0 Å². The standard InChI is InChI=1S/C9H8Cl2O/c1-3-6-4-7(10)9(12)8(11)5(6)2/h3-4,12H,1H2,2H3. The molecule has 0 aliphatic carbocycles. The third-order valence-corrected chi connectivity index (χ3v) is 2.45. The molecule has 0 aromatic heterocycles. The van der Waals surface area contributed by atoms with E-state index in [2.05, 4.69) is 6.58 Å². The lowest BCUT2D eigenvalue weighted by atomic mass is 10.1. The van der Waals surface area contributed by atoms with Crippen molar-refractivity contribution in [2.75, 3.05) is 0 Å². The number of aromatic hydroxyl groups is 1. The maximum absolute atomic E-state index is 9.31. The minimum atomic E-state index is -0.0681. The number of rotatable bonds is 1. The number of hydrogen-bond donors (Lipinski definition) is 1. The van der Waals surface area contributed by atoms with Crippen LogP contribution < -0.4 is 0 Å². The zero-order valence-corrected chi connectivity index (χ0v) is 8.08. The fraction of sp³-hybridized carbons (Fsp3) is 0.111. The Labute approximate surface area is 81.2 Å². The van der Waals surface area contributed by atoms with Crippen LogP contribution >= 0.6 is 23.2 Å². The SMILES string of the molecule is C=Cc1cc(Cl)c(O)c(Cl)c1C. The van der Waals surface area contributed by atoms with Crippen LogP contribution in [0.25, 0.3) is 6.08 Å². The second kappa shape index (κ2) is 3.38. The summed E-state index contributed by atoms with van der Waals surface area (Å²) in [5, 5.41) is 9.85. The molecule has 0 bridgehead atoms. The van der Waals surface area contributed by atoms with Gasteiger partial charge >= 0.3 is 0 Å². The topological polar surface area (TPSA) is 20.2 Å². The molecule has 64 valence electrons. The molecule has 1 rings (SSSR count). The monoisotopic (exact) mass is 202 g/mol. The molecule has 0 fully saturated rings. The molecule has 3 heteroatoms. The van der Waals surface area contributed by atoms with E-state index in [1.54, 1.807) is 19.1 Å². The maximum Gasteiger partial charge on any atom is 0.153 e. The Kier molecular flexibility index (Phi) is 2.65. The molecule has 0 aliphatic heterocycles. The summed E-state index contributed by atoms with van der Waals surface area (Å²) in [5.41, 5.74) is 1.62. The van der Waals surface area contributed by atoms with Gasteiger partial charge in [0.2, 0.25) is 0 Å². The first-order valence-corrected chi connectivity index (χ1v) is 4.13. The highest BCUT2D eigenvalue weighted by molar-refractivity contribution is 6.37. The third-order valence-electron chi connectivity index (χ3n) is 1.70. The summed E-state index contributed by atoms with van der Waals surface area (Å²) < 4.78 is 0. The predicted molar refractivity (Wildman–Crippen MR) is 53.0 cm³/mol. The summed E-state index contributed by atoms with van der Waals surface area (Å²) in [6.07, 6.45) is 1.65. The van der Waals surface area contributed by atoms with Crippen molar-refractivity contribution in [3.8, 4) is 5.75 Å². The average Bonchev–Trinajstić information content (AvgIpc) is 2.08. The van der Waals surface area contributed by atoms with Gasteiger partial charge in [-0.05, 0) is 24.1 Å². The third kappa shape index (κ3) is 1.43. The van der Waals surface area contributed by atoms with Crippen LogP contribution in [0.15, 0.2) is 12.6 Å². The molecule has 0 heterocycles. The van der Waals surface area contributed by atoms with Gasteiger partial charge < -0.3 is 5.11 Å². The van der Waals surface area contributed by atoms with Crippen molar-refractivity contribution < 1.29 is 5.11 Å². The predicted octanol–water partition coefficient (Wildman–Crippen LogP) is 3.65. The van der Waals surface area contributed by atoms with Crippen LogP contribution in [-0.4, -0.2) is 5.11 Å². The molecule has 0 aliphatic rings. The van der Waals surface area contributed by atoms with Gasteiger partial charge in [0.1, 0.15) is 0 Å². The Morgan fingerprint density at radius 2 is 2.08 bits per heavy atom. The van der Waals surface area contributed by atoms with Gasteiger partial charge in [-0.1, -0.05) is 35.9 Å². The summed E-state index contributed by atoms with van der Waals surface area (Å²) in [6.45, 7) is 5.41. The first-order valence-electron chi connectivity index (χ1n) is 3.38. The summed E-state index contributed by atoms with van der Waals surface area (Å²) in [6, 6.07) is 1.63. The second-order valence-corrected chi connectivity index (χ2v) is 3.22. The van der Waals surface area contributed by atoms with Crippen LogP contribution in [0.3, 0.4) is 0 Å². The summed E-state index contributed by atoms with van der Waals surface area (Å²) in [4.78, 5) is 0. The van der Waals surface area contributed by atoms with E-state index < -0.39 is 0 Å². The Morgan fingerprint density at radius 3 is 2.58 bits per heavy atom. The molecule has 0 amide bonds. The van der Waals surface area contributed by atoms with Gasteiger partial charge in [0.05, 0.1) is 10.0 Å². The molecule has 0 radical (unpaired) electrons. The van der Waals surface area contributed by atoms with Gasteiger partial charge in [0, 0.05) is 0 Å². The van der Waals surface area contributed by atoms with Crippen molar-refractivity contribution in [3.63, 3.8) is 0 Å². The normalized spacial score (nSPS) is 9.92. The summed E-state index contributed by atoms with van der Waals surface area (Å²) in [5.74, 6) is -0.0681. The van der Waals surface area contributed by atoms with Gasteiger partial charge in [-0.3, -0.25) is 0 Å². The minimum Gasteiger partial charge on any atom is -0.505 e. The van der Waals surface area contributed by atoms with Crippen molar-refractivity contribution >= 4 is 29.3 Å². The van der Waals surface area contributed by atoms with Crippen LogP contribution in [0.1, 0.15) is 11.1 Å². The maximum atomic E-state index is 9.31. The highest BCUT2D eigenvalue weighted by Gasteiger charge is 2.09. The molecule has 1 nitrogen and oxygen atoms in total. The first kappa shape index (κ1) is 9.43. The highest BCUT2D eigenvalue weighted by Crippen LogP contribution is 2.36. The van der Waals surface area contributed by atoms with Gasteiger partial charge in [0.15, 0.2) is 5.75 Å². The number of benzene rings is 1. The van der Waals surface area contributed by atoms with Crippen molar-refractivity contribution in [3.05, 3.63) is 33.8 Å². The summed E-state index contributed by atoms with van der Waals surface area (Å²) >= 11 is 11.5. The molecule has 1 N–H and O–H groups in total.